The van der Waals surface area contributed by atoms with Gasteiger partial charge >= 0.3 is 0 Å². The maximum absolute atomic E-state index is 5.45. The third-order valence-corrected chi connectivity index (χ3v) is 3.16. The van der Waals surface area contributed by atoms with Gasteiger partial charge in [-0.15, -0.1) is 0 Å². The fraction of sp³-hybridized carbons (Fsp3) is 0.625. The van der Waals surface area contributed by atoms with Crippen LogP contribution in [0.4, 0.5) is 0 Å². The minimum atomic E-state index is 0.0824. The van der Waals surface area contributed by atoms with Crippen molar-refractivity contribution in [1.82, 2.24) is 0 Å². The van der Waals surface area contributed by atoms with Gasteiger partial charge in [0.2, 0.25) is 0 Å². The molecule has 0 spiro atoms. The van der Waals surface area contributed by atoms with Crippen LogP contribution in [0.25, 0.3) is 0 Å². The smallest absolute Gasteiger partial charge is 0.0544 e. The summed E-state index contributed by atoms with van der Waals surface area (Å²) < 4.78 is 10.9. The normalized spacial score (nSPS) is 12.1. The average molecular weight is 250 g/mol. The Morgan fingerprint density at radius 2 is 1.56 bits per heavy atom. The number of ether oxygens (including phenoxy) is 2. The monoisotopic (exact) mass is 250 g/mol. The Balaban J connectivity index is 2.86. The lowest BCUT2D eigenvalue weighted by Crippen LogP contribution is -2.35. The third-order valence-electron chi connectivity index (χ3n) is 3.16. The maximum atomic E-state index is 5.45. The minimum absolute atomic E-state index is 0.0824. The van der Waals surface area contributed by atoms with E-state index < -0.39 is 0 Å². The van der Waals surface area contributed by atoms with Crippen molar-refractivity contribution in [3.05, 3.63) is 35.9 Å². The highest BCUT2D eigenvalue weighted by Crippen LogP contribution is 2.31. The summed E-state index contributed by atoms with van der Waals surface area (Å²) in [5.41, 5.74) is 1.44. The van der Waals surface area contributed by atoms with Crippen molar-refractivity contribution in [2.24, 2.45) is 11.3 Å². The number of rotatable bonds is 8. The predicted molar refractivity (Wildman–Crippen MR) is 75.8 cm³/mol. The van der Waals surface area contributed by atoms with Gasteiger partial charge in [-0.3, -0.25) is 0 Å². The molecule has 0 aliphatic rings. The molecule has 0 heterocycles. The van der Waals surface area contributed by atoms with E-state index in [0.29, 0.717) is 5.92 Å². The van der Waals surface area contributed by atoms with Crippen LogP contribution in [0.1, 0.15) is 25.8 Å². The summed E-state index contributed by atoms with van der Waals surface area (Å²) in [6.45, 7) is 6.00. The average Bonchev–Trinajstić information content (AvgIpc) is 2.29. The highest BCUT2D eigenvalue weighted by Gasteiger charge is 2.31. The first kappa shape index (κ1) is 15.2. The van der Waals surface area contributed by atoms with Gasteiger partial charge in [-0.25, -0.2) is 0 Å². The Labute approximate surface area is 111 Å². The highest BCUT2D eigenvalue weighted by molar-refractivity contribution is 5.16. The summed E-state index contributed by atoms with van der Waals surface area (Å²) in [5.74, 6) is 0.638. The molecule has 1 aromatic rings. The van der Waals surface area contributed by atoms with E-state index >= 15 is 0 Å². The molecule has 0 aliphatic heterocycles. The molecule has 0 amide bonds. The summed E-state index contributed by atoms with van der Waals surface area (Å²) in [7, 11) is 3.55. The van der Waals surface area contributed by atoms with Crippen molar-refractivity contribution < 1.29 is 9.47 Å². The summed E-state index contributed by atoms with van der Waals surface area (Å²) in [5, 5.41) is 0. The molecule has 0 aromatic heterocycles. The fourth-order valence-corrected chi connectivity index (χ4v) is 2.84. The summed E-state index contributed by atoms with van der Waals surface area (Å²) in [6.07, 6.45) is 2.12. The molecule has 1 rings (SSSR count). The second-order valence-electron chi connectivity index (χ2n) is 5.63. The molecule has 0 aliphatic carbocycles. The molecule has 0 atom stereocenters. The highest BCUT2D eigenvalue weighted by atomic mass is 16.5. The SMILES string of the molecule is COCC(COC)(Cc1ccccc1)CC(C)C. The van der Waals surface area contributed by atoms with Gasteiger partial charge in [0.1, 0.15) is 0 Å². The Morgan fingerprint density at radius 1 is 1.00 bits per heavy atom. The minimum Gasteiger partial charge on any atom is -0.384 e. The van der Waals surface area contributed by atoms with E-state index in [4.69, 9.17) is 9.47 Å². The topological polar surface area (TPSA) is 18.5 Å². The van der Waals surface area contributed by atoms with Crippen molar-refractivity contribution in [3.63, 3.8) is 0 Å². The first-order valence-corrected chi connectivity index (χ1v) is 6.64. The second kappa shape index (κ2) is 7.55. The van der Waals surface area contributed by atoms with E-state index in [1.165, 1.54) is 5.56 Å². The van der Waals surface area contributed by atoms with E-state index in [-0.39, 0.29) is 5.41 Å². The maximum Gasteiger partial charge on any atom is 0.0544 e. The lowest BCUT2D eigenvalue weighted by molar-refractivity contribution is -0.00312. The molecule has 0 unspecified atom stereocenters. The third kappa shape index (κ3) is 4.79. The van der Waals surface area contributed by atoms with Gasteiger partial charge in [0, 0.05) is 19.6 Å². The number of hydrogen-bond donors (Lipinski definition) is 0. The van der Waals surface area contributed by atoms with Gasteiger partial charge in [0.05, 0.1) is 13.2 Å². The summed E-state index contributed by atoms with van der Waals surface area (Å²) in [4.78, 5) is 0. The van der Waals surface area contributed by atoms with Crippen molar-refractivity contribution >= 4 is 0 Å². The Bertz CT molecular complexity index is 313. The Kier molecular flexibility index (Phi) is 6.37. The van der Waals surface area contributed by atoms with Crippen LogP contribution in [0, 0.1) is 11.3 Å². The van der Waals surface area contributed by atoms with Gasteiger partial charge in [0.25, 0.3) is 0 Å². The quantitative estimate of drug-likeness (QED) is 0.702. The van der Waals surface area contributed by atoms with Crippen LogP contribution in [-0.4, -0.2) is 27.4 Å². The molecule has 0 radical (unpaired) electrons. The number of hydrogen-bond acceptors (Lipinski definition) is 2. The second-order valence-corrected chi connectivity index (χ2v) is 5.63. The molecule has 18 heavy (non-hydrogen) atoms. The van der Waals surface area contributed by atoms with Crippen LogP contribution in [0.3, 0.4) is 0 Å². The van der Waals surface area contributed by atoms with Crippen LogP contribution in [-0.2, 0) is 15.9 Å². The first-order valence-electron chi connectivity index (χ1n) is 6.64. The van der Waals surface area contributed by atoms with Gasteiger partial charge in [0.15, 0.2) is 0 Å². The van der Waals surface area contributed by atoms with Gasteiger partial charge in [-0.1, -0.05) is 44.2 Å². The van der Waals surface area contributed by atoms with E-state index in [1.807, 2.05) is 0 Å². The zero-order chi connectivity index (χ0) is 13.4. The fourth-order valence-electron chi connectivity index (χ4n) is 2.84. The van der Waals surface area contributed by atoms with E-state index in [9.17, 15) is 0 Å². The molecule has 2 heteroatoms. The van der Waals surface area contributed by atoms with Crippen LogP contribution in [0.5, 0.6) is 0 Å². The van der Waals surface area contributed by atoms with Crippen LogP contribution < -0.4 is 0 Å². The Hall–Kier alpha value is -0.860. The van der Waals surface area contributed by atoms with E-state index in [1.54, 1.807) is 14.2 Å². The van der Waals surface area contributed by atoms with Crippen LogP contribution in [0.15, 0.2) is 30.3 Å². The lowest BCUT2D eigenvalue weighted by Gasteiger charge is -2.34. The zero-order valence-corrected chi connectivity index (χ0v) is 12.1. The van der Waals surface area contributed by atoms with Crippen LogP contribution in [0.2, 0.25) is 0 Å². The summed E-state index contributed by atoms with van der Waals surface area (Å²) >= 11 is 0. The molecule has 0 fully saturated rings. The molecule has 1 aromatic carbocycles. The zero-order valence-electron chi connectivity index (χ0n) is 12.1. The van der Waals surface area contributed by atoms with Gasteiger partial charge in [-0.2, -0.15) is 0 Å². The lowest BCUT2D eigenvalue weighted by atomic mass is 9.76. The molecule has 0 bridgehead atoms. The summed E-state index contributed by atoms with van der Waals surface area (Å²) in [6, 6.07) is 10.6. The molecule has 0 saturated heterocycles. The first-order chi connectivity index (χ1) is 8.62. The molecule has 0 saturated carbocycles. The van der Waals surface area contributed by atoms with Gasteiger partial charge in [-0.05, 0) is 24.3 Å². The van der Waals surface area contributed by atoms with Crippen molar-refractivity contribution in [1.29, 1.82) is 0 Å². The largest absolute Gasteiger partial charge is 0.384 e. The number of benzene rings is 1. The molecule has 2 nitrogen and oxygen atoms in total. The van der Waals surface area contributed by atoms with Gasteiger partial charge < -0.3 is 9.47 Å². The standard InChI is InChI=1S/C16H26O2/c1-14(2)10-16(12-17-3,13-18-4)11-15-8-6-5-7-9-15/h5-9,14H,10-13H2,1-4H3. The molecular weight excluding hydrogens is 224 g/mol. The predicted octanol–water partition coefficient (Wildman–Crippen LogP) is 3.55. The van der Waals surface area contributed by atoms with Crippen molar-refractivity contribution in [3.8, 4) is 0 Å². The molecule has 102 valence electrons. The molecular formula is C16H26O2. The van der Waals surface area contributed by atoms with Crippen molar-refractivity contribution in [2.45, 2.75) is 26.7 Å². The van der Waals surface area contributed by atoms with Crippen molar-refractivity contribution in [2.75, 3.05) is 27.4 Å². The molecule has 0 N–H and O–H groups in total. The van der Waals surface area contributed by atoms with Crippen LogP contribution >= 0.6 is 0 Å². The van der Waals surface area contributed by atoms with E-state index in [0.717, 1.165) is 26.1 Å². The van der Waals surface area contributed by atoms with E-state index in [2.05, 4.69) is 44.2 Å². The number of methoxy groups -OCH3 is 2. The Morgan fingerprint density at radius 3 is 2.00 bits per heavy atom.